The zero-order chi connectivity index (χ0) is 11.5. The first-order valence-corrected chi connectivity index (χ1v) is 5.20. The molecule has 0 fully saturated rings. The summed E-state index contributed by atoms with van der Waals surface area (Å²) in [4.78, 5) is 4.18. The van der Waals surface area contributed by atoms with E-state index in [0.717, 1.165) is 5.82 Å². The number of rotatable bonds is 4. The fraction of sp³-hybridized carbons (Fsp3) is 0.500. The van der Waals surface area contributed by atoms with Gasteiger partial charge in [-0.3, -0.25) is 0 Å². The van der Waals surface area contributed by atoms with E-state index in [1.54, 1.807) is 6.20 Å². The molecule has 0 saturated carbocycles. The Hall–Kier alpha value is -1.85. The van der Waals surface area contributed by atoms with Crippen molar-refractivity contribution >= 4 is 6.01 Å². The minimum absolute atomic E-state index is 0.246. The molecule has 0 aromatic carbocycles. The van der Waals surface area contributed by atoms with Gasteiger partial charge in [0.25, 0.3) is 0 Å². The van der Waals surface area contributed by atoms with E-state index in [9.17, 15) is 0 Å². The van der Waals surface area contributed by atoms with Crippen LogP contribution in [0.2, 0.25) is 0 Å². The summed E-state index contributed by atoms with van der Waals surface area (Å²) in [5, 5.41) is 10.9. The molecule has 2 aromatic heterocycles. The largest absolute Gasteiger partial charge is 0.408 e. The van der Waals surface area contributed by atoms with Crippen LogP contribution in [-0.4, -0.2) is 19.7 Å². The number of nitrogens with one attached hydrogen (secondary N) is 1. The lowest BCUT2D eigenvalue weighted by atomic mass is 10.2. The van der Waals surface area contributed by atoms with Crippen LogP contribution in [0.5, 0.6) is 0 Å². The highest BCUT2D eigenvalue weighted by molar-refractivity contribution is 5.18. The Bertz CT molecular complexity index is 459. The first kappa shape index (κ1) is 10.7. The van der Waals surface area contributed by atoms with Crippen molar-refractivity contribution in [2.24, 2.45) is 7.05 Å². The van der Waals surface area contributed by atoms with Gasteiger partial charge in [0, 0.05) is 25.4 Å². The second-order valence-electron chi connectivity index (χ2n) is 3.91. The van der Waals surface area contributed by atoms with Crippen LogP contribution in [0.1, 0.15) is 31.5 Å². The molecule has 0 aliphatic rings. The Kier molecular flexibility index (Phi) is 2.89. The van der Waals surface area contributed by atoms with Crippen LogP contribution in [0.4, 0.5) is 6.01 Å². The first-order chi connectivity index (χ1) is 7.66. The minimum atomic E-state index is 0.246. The summed E-state index contributed by atoms with van der Waals surface area (Å²) in [6.07, 6.45) is 3.65. The molecule has 0 unspecified atom stereocenters. The van der Waals surface area contributed by atoms with Crippen molar-refractivity contribution < 1.29 is 4.42 Å². The van der Waals surface area contributed by atoms with E-state index < -0.39 is 0 Å². The number of hydrogen-bond donors (Lipinski definition) is 1. The maximum absolute atomic E-state index is 5.41. The fourth-order valence-electron chi connectivity index (χ4n) is 1.26. The van der Waals surface area contributed by atoms with Gasteiger partial charge in [0.2, 0.25) is 5.89 Å². The predicted octanol–water partition coefficient (Wildman–Crippen LogP) is 1.54. The number of anilines is 1. The van der Waals surface area contributed by atoms with E-state index >= 15 is 0 Å². The van der Waals surface area contributed by atoms with Crippen molar-refractivity contribution in [3.63, 3.8) is 0 Å². The lowest BCUT2D eigenvalue weighted by molar-refractivity contribution is 0.479. The van der Waals surface area contributed by atoms with Gasteiger partial charge in [-0.05, 0) is 0 Å². The van der Waals surface area contributed by atoms with E-state index in [2.05, 4.69) is 20.5 Å². The molecule has 6 heteroatoms. The van der Waals surface area contributed by atoms with Crippen LogP contribution in [0.25, 0.3) is 0 Å². The van der Waals surface area contributed by atoms with Crippen LogP contribution in [0.3, 0.4) is 0 Å². The molecule has 16 heavy (non-hydrogen) atoms. The van der Waals surface area contributed by atoms with E-state index in [4.69, 9.17) is 4.42 Å². The summed E-state index contributed by atoms with van der Waals surface area (Å²) in [6.45, 7) is 4.59. The average Bonchev–Trinajstić information content (AvgIpc) is 2.83. The van der Waals surface area contributed by atoms with Crippen molar-refractivity contribution in [2.45, 2.75) is 26.3 Å². The molecular formula is C10H15N5O. The molecule has 6 nitrogen and oxygen atoms in total. The third kappa shape index (κ3) is 2.21. The van der Waals surface area contributed by atoms with Gasteiger partial charge in [-0.1, -0.05) is 18.9 Å². The van der Waals surface area contributed by atoms with E-state index in [1.165, 1.54) is 0 Å². The van der Waals surface area contributed by atoms with Crippen LogP contribution in [0, 0.1) is 0 Å². The maximum Gasteiger partial charge on any atom is 0.315 e. The molecule has 0 amide bonds. The van der Waals surface area contributed by atoms with E-state index in [-0.39, 0.29) is 5.92 Å². The molecule has 0 radical (unpaired) electrons. The van der Waals surface area contributed by atoms with Crippen LogP contribution in [0.15, 0.2) is 16.8 Å². The van der Waals surface area contributed by atoms with Crippen molar-refractivity contribution in [1.82, 2.24) is 19.7 Å². The monoisotopic (exact) mass is 221 g/mol. The van der Waals surface area contributed by atoms with Crippen molar-refractivity contribution in [2.75, 3.05) is 5.32 Å². The quantitative estimate of drug-likeness (QED) is 0.848. The molecule has 86 valence electrons. The Morgan fingerprint density at radius 3 is 2.81 bits per heavy atom. The van der Waals surface area contributed by atoms with Gasteiger partial charge in [0.1, 0.15) is 5.82 Å². The number of aryl methyl sites for hydroxylation is 1. The van der Waals surface area contributed by atoms with Crippen molar-refractivity contribution in [3.05, 3.63) is 24.1 Å². The number of aromatic nitrogens is 4. The Labute approximate surface area is 93.7 Å². The molecule has 2 heterocycles. The van der Waals surface area contributed by atoms with Crippen LogP contribution < -0.4 is 5.32 Å². The van der Waals surface area contributed by atoms with Crippen LogP contribution >= 0.6 is 0 Å². The topological polar surface area (TPSA) is 68.8 Å². The Morgan fingerprint density at radius 2 is 2.25 bits per heavy atom. The highest BCUT2D eigenvalue weighted by atomic mass is 16.4. The third-order valence-corrected chi connectivity index (χ3v) is 2.25. The molecule has 0 saturated heterocycles. The molecule has 0 bridgehead atoms. The molecule has 0 aliphatic carbocycles. The maximum atomic E-state index is 5.41. The summed E-state index contributed by atoms with van der Waals surface area (Å²) in [7, 11) is 1.94. The molecular weight excluding hydrogens is 206 g/mol. The molecule has 1 N–H and O–H groups in total. The van der Waals surface area contributed by atoms with Gasteiger partial charge >= 0.3 is 6.01 Å². The van der Waals surface area contributed by atoms with Gasteiger partial charge in [-0.25, -0.2) is 4.98 Å². The van der Waals surface area contributed by atoms with Gasteiger partial charge in [0.15, 0.2) is 0 Å². The Balaban J connectivity index is 1.97. The van der Waals surface area contributed by atoms with E-state index in [0.29, 0.717) is 18.5 Å². The second-order valence-corrected chi connectivity index (χ2v) is 3.91. The number of nitrogens with zero attached hydrogens (tertiary/aromatic N) is 4. The highest BCUT2D eigenvalue weighted by Crippen LogP contribution is 2.14. The first-order valence-electron chi connectivity index (χ1n) is 5.20. The molecule has 2 rings (SSSR count). The van der Waals surface area contributed by atoms with Gasteiger partial charge in [-0.15, -0.1) is 5.10 Å². The van der Waals surface area contributed by atoms with Gasteiger partial charge in [0.05, 0.1) is 6.54 Å². The fourth-order valence-corrected chi connectivity index (χ4v) is 1.26. The third-order valence-electron chi connectivity index (χ3n) is 2.25. The van der Waals surface area contributed by atoms with Crippen molar-refractivity contribution in [1.29, 1.82) is 0 Å². The zero-order valence-electron chi connectivity index (χ0n) is 9.64. The molecule has 0 aliphatic heterocycles. The lowest BCUT2D eigenvalue weighted by Gasteiger charge is -2.01. The predicted molar refractivity (Wildman–Crippen MR) is 58.9 cm³/mol. The summed E-state index contributed by atoms with van der Waals surface area (Å²) in [5.41, 5.74) is 0. The highest BCUT2D eigenvalue weighted by Gasteiger charge is 2.09. The zero-order valence-corrected chi connectivity index (χ0v) is 9.64. The second kappa shape index (κ2) is 4.34. The SMILES string of the molecule is CC(C)c1nnc(NCc2nccn2C)o1. The van der Waals surface area contributed by atoms with Gasteiger partial charge < -0.3 is 14.3 Å². The normalized spacial score (nSPS) is 11.0. The minimum Gasteiger partial charge on any atom is -0.408 e. The molecule has 2 aromatic rings. The lowest BCUT2D eigenvalue weighted by Crippen LogP contribution is -2.05. The smallest absolute Gasteiger partial charge is 0.315 e. The molecule has 0 atom stereocenters. The van der Waals surface area contributed by atoms with Gasteiger partial charge in [-0.2, -0.15) is 0 Å². The number of imidazole rings is 1. The summed E-state index contributed by atoms with van der Waals surface area (Å²) in [5.74, 6) is 1.81. The number of hydrogen-bond acceptors (Lipinski definition) is 5. The standard InChI is InChI=1S/C10H15N5O/c1-7(2)9-13-14-10(16-9)12-6-8-11-4-5-15(8)3/h4-5,7H,6H2,1-3H3,(H,12,14). The van der Waals surface area contributed by atoms with Crippen LogP contribution in [-0.2, 0) is 13.6 Å². The van der Waals surface area contributed by atoms with E-state index in [1.807, 2.05) is 31.7 Å². The average molecular weight is 221 g/mol. The summed E-state index contributed by atoms with van der Waals surface area (Å²) >= 11 is 0. The Morgan fingerprint density at radius 1 is 1.44 bits per heavy atom. The summed E-state index contributed by atoms with van der Waals surface area (Å²) < 4.78 is 7.35. The summed E-state index contributed by atoms with van der Waals surface area (Å²) in [6, 6.07) is 0.437. The molecule has 0 spiro atoms. The van der Waals surface area contributed by atoms with Crippen molar-refractivity contribution in [3.8, 4) is 0 Å².